The van der Waals surface area contributed by atoms with Crippen LogP contribution in [0, 0.1) is 5.82 Å². The lowest BCUT2D eigenvalue weighted by Crippen LogP contribution is -2.53. The Hall–Kier alpha value is -3.92. The van der Waals surface area contributed by atoms with Crippen LogP contribution in [0.15, 0.2) is 69.3 Å². The molecule has 0 atom stereocenters. The second-order valence-electron chi connectivity index (χ2n) is 7.43. The summed E-state index contributed by atoms with van der Waals surface area (Å²) in [7, 11) is 0. The van der Waals surface area contributed by atoms with E-state index in [-0.39, 0.29) is 18.7 Å². The molecule has 1 saturated heterocycles. The van der Waals surface area contributed by atoms with Crippen molar-refractivity contribution in [1.82, 2.24) is 10.2 Å². The highest BCUT2D eigenvalue weighted by molar-refractivity contribution is 9.10. The minimum atomic E-state index is -0.832. The molecule has 2 heterocycles. The van der Waals surface area contributed by atoms with E-state index in [0.717, 1.165) is 4.90 Å². The van der Waals surface area contributed by atoms with Crippen molar-refractivity contribution in [2.24, 2.45) is 0 Å². The van der Waals surface area contributed by atoms with Gasteiger partial charge in [0.15, 0.2) is 11.5 Å². The van der Waals surface area contributed by atoms with Crippen LogP contribution in [0.3, 0.4) is 0 Å². The van der Waals surface area contributed by atoms with E-state index < -0.39 is 23.7 Å². The summed E-state index contributed by atoms with van der Waals surface area (Å²) in [4.78, 5) is 38.5. The minimum Gasteiger partial charge on any atom is -0.490 e. The fourth-order valence-corrected chi connectivity index (χ4v) is 3.98. The SMILES string of the molecule is CCOc1cc(/C=C2\C(=O)NC(=O)N(Cc3ccco3)C2=O)cc(Br)c1OCc1ccccc1F. The van der Waals surface area contributed by atoms with Gasteiger partial charge in [0.05, 0.1) is 23.9 Å². The number of ether oxygens (including phenoxy) is 2. The zero-order chi connectivity index (χ0) is 24.9. The number of halogens is 2. The molecule has 2 aromatic carbocycles. The third kappa shape index (κ3) is 5.43. The minimum absolute atomic E-state index is 0.0312. The topological polar surface area (TPSA) is 98.1 Å². The molecule has 1 aromatic heterocycles. The molecule has 8 nitrogen and oxygen atoms in total. The van der Waals surface area contributed by atoms with Crippen molar-refractivity contribution in [3.8, 4) is 11.5 Å². The maximum absolute atomic E-state index is 14.0. The molecule has 1 fully saturated rings. The first-order valence-corrected chi connectivity index (χ1v) is 11.4. The van der Waals surface area contributed by atoms with Crippen molar-refractivity contribution in [1.29, 1.82) is 0 Å². The second kappa shape index (κ2) is 10.6. The van der Waals surface area contributed by atoms with Gasteiger partial charge in [0.2, 0.25) is 0 Å². The molecule has 1 aliphatic heterocycles. The Balaban J connectivity index is 1.62. The average molecular weight is 543 g/mol. The summed E-state index contributed by atoms with van der Waals surface area (Å²) in [5, 5.41) is 2.17. The number of amides is 4. The van der Waals surface area contributed by atoms with E-state index in [1.165, 1.54) is 18.4 Å². The number of barbiturate groups is 1. The fourth-order valence-electron chi connectivity index (χ4n) is 3.40. The van der Waals surface area contributed by atoms with Gasteiger partial charge in [0, 0.05) is 5.56 Å². The molecular formula is C25H20BrFN2O6. The maximum atomic E-state index is 14.0. The number of imide groups is 2. The predicted octanol–water partition coefficient (Wildman–Crippen LogP) is 4.82. The molecule has 4 amide bonds. The Kier molecular flexibility index (Phi) is 7.31. The Labute approximate surface area is 208 Å². The first-order valence-electron chi connectivity index (χ1n) is 10.6. The van der Waals surface area contributed by atoms with Crippen molar-refractivity contribution >= 4 is 39.9 Å². The highest BCUT2D eigenvalue weighted by atomic mass is 79.9. The lowest BCUT2D eigenvalue weighted by atomic mass is 10.1. The fraction of sp³-hybridized carbons (Fsp3) is 0.160. The third-order valence-corrected chi connectivity index (χ3v) is 5.64. The number of carbonyl (C=O) groups excluding carboxylic acids is 3. The van der Waals surface area contributed by atoms with Crippen LogP contribution >= 0.6 is 15.9 Å². The largest absolute Gasteiger partial charge is 0.490 e. The molecular weight excluding hydrogens is 523 g/mol. The predicted molar refractivity (Wildman–Crippen MR) is 127 cm³/mol. The summed E-state index contributed by atoms with van der Waals surface area (Å²) in [5.41, 5.74) is 0.591. The monoisotopic (exact) mass is 542 g/mol. The summed E-state index contributed by atoms with van der Waals surface area (Å²) in [5.74, 6) is -0.907. The van der Waals surface area contributed by atoms with Crippen LogP contribution in [-0.2, 0) is 22.7 Å². The molecule has 0 aliphatic carbocycles. The molecule has 180 valence electrons. The molecule has 4 rings (SSSR count). The van der Waals surface area contributed by atoms with Gasteiger partial charge < -0.3 is 13.9 Å². The summed E-state index contributed by atoms with van der Waals surface area (Å²) in [6, 6.07) is 11.9. The highest BCUT2D eigenvalue weighted by Crippen LogP contribution is 2.38. The Morgan fingerprint density at radius 3 is 2.63 bits per heavy atom. The van der Waals surface area contributed by atoms with Crippen LogP contribution in [0.1, 0.15) is 23.8 Å². The van der Waals surface area contributed by atoms with Gasteiger partial charge in [-0.1, -0.05) is 18.2 Å². The van der Waals surface area contributed by atoms with Crippen molar-refractivity contribution in [3.05, 3.63) is 87.5 Å². The first-order chi connectivity index (χ1) is 16.9. The highest BCUT2D eigenvalue weighted by Gasteiger charge is 2.36. The standard InChI is InChI=1S/C25H20BrFN2O6/c1-2-33-21-12-15(11-19(26)22(21)35-14-16-6-3-4-8-20(16)27)10-18-23(30)28-25(32)29(24(18)31)13-17-7-5-9-34-17/h3-12H,2,13-14H2,1H3,(H,28,30,32)/b18-10+. The number of furan rings is 1. The van der Waals surface area contributed by atoms with Gasteiger partial charge in [0.25, 0.3) is 11.8 Å². The summed E-state index contributed by atoms with van der Waals surface area (Å²) < 4.78 is 31.2. The van der Waals surface area contributed by atoms with Crippen LogP contribution in [0.4, 0.5) is 9.18 Å². The number of nitrogens with one attached hydrogen (secondary N) is 1. The Bertz CT molecular complexity index is 1310. The van der Waals surface area contributed by atoms with Gasteiger partial charge in [-0.2, -0.15) is 0 Å². The van der Waals surface area contributed by atoms with Gasteiger partial charge in [0.1, 0.15) is 23.8 Å². The number of nitrogens with zero attached hydrogens (tertiary/aromatic N) is 1. The number of benzene rings is 2. The molecule has 0 radical (unpaired) electrons. The first kappa shape index (κ1) is 24.2. The number of carbonyl (C=O) groups is 3. The van der Waals surface area contributed by atoms with Crippen LogP contribution in [0.2, 0.25) is 0 Å². The van der Waals surface area contributed by atoms with Crippen LogP contribution in [0.25, 0.3) is 6.08 Å². The summed E-state index contributed by atoms with van der Waals surface area (Å²) in [6.45, 7) is 1.94. The van der Waals surface area contributed by atoms with Gasteiger partial charge >= 0.3 is 6.03 Å². The molecule has 0 spiro atoms. The summed E-state index contributed by atoms with van der Waals surface area (Å²) in [6.07, 6.45) is 2.78. The Morgan fingerprint density at radius 2 is 1.91 bits per heavy atom. The molecule has 35 heavy (non-hydrogen) atoms. The van der Waals surface area contributed by atoms with E-state index in [1.807, 2.05) is 0 Å². The zero-order valence-electron chi connectivity index (χ0n) is 18.5. The molecule has 3 aromatic rings. The van der Waals surface area contributed by atoms with Crippen molar-refractivity contribution in [2.45, 2.75) is 20.1 Å². The van der Waals surface area contributed by atoms with Gasteiger partial charge in [-0.05, 0) is 64.8 Å². The molecule has 10 heteroatoms. The number of hydrogen-bond donors (Lipinski definition) is 1. The van der Waals surface area contributed by atoms with E-state index in [1.54, 1.807) is 49.4 Å². The quantitative estimate of drug-likeness (QED) is 0.323. The summed E-state index contributed by atoms with van der Waals surface area (Å²) >= 11 is 3.43. The lowest BCUT2D eigenvalue weighted by molar-refractivity contribution is -0.130. The van der Waals surface area contributed by atoms with Crippen LogP contribution in [-0.4, -0.2) is 29.4 Å². The normalized spacial score (nSPS) is 14.9. The van der Waals surface area contributed by atoms with Crippen molar-refractivity contribution < 1.29 is 32.7 Å². The molecule has 0 saturated carbocycles. The average Bonchev–Trinajstić information content (AvgIpc) is 3.33. The lowest BCUT2D eigenvalue weighted by Gasteiger charge is -2.25. The van der Waals surface area contributed by atoms with Crippen molar-refractivity contribution in [3.63, 3.8) is 0 Å². The van der Waals surface area contributed by atoms with E-state index >= 15 is 0 Å². The second-order valence-corrected chi connectivity index (χ2v) is 8.29. The van der Waals surface area contributed by atoms with Gasteiger partial charge in [-0.3, -0.25) is 19.8 Å². The molecule has 1 N–H and O–H groups in total. The van der Waals surface area contributed by atoms with Gasteiger partial charge in [-0.15, -0.1) is 0 Å². The molecule has 0 bridgehead atoms. The number of hydrogen-bond acceptors (Lipinski definition) is 6. The smallest absolute Gasteiger partial charge is 0.331 e. The van der Waals surface area contributed by atoms with Crippen LogP contribution < -0.4 is 14.8 Å². The zero-order valence-corrected chi connectivity index (χ0v) is 20.1. The maximum Gasteiger partial charge on any atom is 0.331 e. The van der Waals surface area contributed by atoms with E-state index in [4.69, 9.17) is 13.9 Å². The molecule has 1 aliphatic rings. The van der Waals surface area contributed by atoms with Crippen molar-refractivity contribution in [2.75, 3.05) is 6.61 Å². The third-order valence-electron chi connectivity index (χ3n) is 5.05. The van der Waals surface area contributed by atoms with Crippen LogP contribution in [0.5, 0.6) is 11.5 Å². The Morgan fingerprint density at radius 1 is 1.11 bits per heavy atom. The number of urea groups is 1. The van der Waals surface area contributed by atoms with E-state index in [9.17, 15) is 18.8 Å². The van der Waals surface area contributed by atoms with E-state index in [2.05, 4.69) is 21.2 Å². The number of rotatable bonds is 8. The molecule has 0 unspecified atom stereocenters. The van der Waals surface area contributed by atoms with Gasteiger partial charge in [-0.25, -0.2) is 9.18 Å². The van der Waals surface area contributed by atoms with E-state index in [0.29, 0.717) is 39.5 Å².